The van der Waals surface area contributed by atoms with Gasteiger partial charge >= 0.3 is 0 Å². The Kier molecular flexibility index (Phi) is 8.74. The van der Waals surface area contributed by atoms with Gasteiger partial charge in [-0.1, -0.05) is 6.07 Å². The Balaban J connectivity index is 0.00000261. The van der Waals surface area contributed by atoms with Crippen LogP contribution >= 0.6 is 39.9 Å². The van der Waals surface area contributed by atoms with E-state index in [1.165, 1.54) is 6.07 Å². The SMILES string of the molecule is CN=C(NCc1ccc(Br)c(F)c1)N1CCN(C(=O)C2CCCO2)CC1.I. The van der Waals surface area contributed by atoms with Gasteiger partial charge in [0.2, 0.25) is 0 Å². The zero-order valence-corrected chi connectivity index (χ0v) is 19.2. The highest BCUT2D eigenvalue weighted by molar-refractivity contribution is 14.0. The summed E-state index contributed by atoms with van der Waals surface area (Å²) in [6.07, 6.45) is 1.53. The Bertz CT molecular complexity index is 677. The van der Waals surface area contributed by atoms with Gasteiger partial charge in [-0.15, -0.1) is 24.0 Å². The molecule has 1 unspecified atom stereocenters. The van der Waals surface area contributed by atoms with Crippen molar-refractivity contribution in [1.82, 2.24) is 15.1 Å². The van der Waals surface area contributed by atoms with Gasteiger partial charge in [-0.25, -0.2) is 4.39 Å². The van der Waals surface area contributed by atoms with Crippen LogP contribution in [0.2, 0.25) is 0 Å². The fourth-order valence-electron chi connectivity index (χ4n) is 3.28. The van der Waals surface area contributed by atoms with Gasteiger partial charge in [-0.2, -0.15) is 0 Å². The Morgan fingerprint density at radius 3 is 2.63 bits per heavy atom. The van der Waals surface area contributed by atoms with Crippen LogP contribution in [-0.4, -0.2) is 67.6 Å². The Labute approximate surface area is 184 Å². The second kappa shape index (κ2) is 10.6. The third kappa shape index (κ3) is 5.77. The number of amides is 1. The maximum Gasteiger partial charge on any atom is 0.251 e. The minimum atomic E-state index is -0.277. The van der Waals surface area contributed by atoms with E-state index in [4.69, 9.17) is 4.74 Å². The van der Waals surface area contributed by atoms with Crippen LogP contribution in [-0.2, 0) is 16.1 Å². The molecule has 2 aliphatic rings. The first-order valence-corrected chi connectivity index (χ1v) is 9.67. The fourth-order valence-corrected chi connectivity index (χ4v) is 3.52. The van der Waals surface area contributed by atoms with E-state index in [0.717, 1.165) is 24.4 Å². The second-order valence-corrected chi connectivity index (χ2v) is 7.32. The number of hydrogen-bond donors (Lipinski definition) is 1. The van der Waals surface area contributed by atoms with Gasteiger partial charge in [0, 0.05) is 46.4 Å². The predicted octanol–water partition coefficient (Wildman–Crippen LogP) is 2.60. The van der Waals surface area contributed by atoms with Crippen molar-refractivity contribution in [3.8, 4) is 0 Å². The summed E-state index contributed by atoms with van der Waals surface area (Å²) in [6, 6.07) is 5.07. The Morgan fingerprint density at radius 1 is 1.33 bits per heavy atom. The van der Waals surface area contributed by atoms with Gasteiger partial charge in [0.25, 0.3) is 5.91 Å². The van der Waals surface area contributed by atoms with Crippen LogP contribution in [0.25, 0.3) is 0 Å². The van der Waals surface area contributed by atoms with Crippen molar-refractivity contribution >= 4 is 51.8 Å². The van der Waals surface area contributed by atoms with Crippen LogP contribution in [0.4, 0.5) is 4.39 Å². The Morgan fingerprint density at radius 2 is 2.04 bits per heavy atom. The highest BCUT2D eigenvalue weighted by Gasteiger charge is 2.30. The van der Waals surface area contributed by atoms with Crippen LogP contribution in [0.3, 0.4) is 0 Å². The maximum atomic E-state index is 13.6. The second-order valence-electron chi connectivity index (χ2n) is 6.46. The molecular formula is C18H25BrFIN4O2. The highest BCUT2D eigenvalue weighted by atomic mass is 127. The lowest BCUT2D eigenvalue weighted by molar-refractivity contribution is -0.142. The van der Waals surface area contributed by atoms with E-state index in [1.807, 2.05) is 11.0 Å². The zero-order chi connectivity index (χ0) is 18.5. The third-order valence-electron chi connectivity index (χ3n) is 4.74. The first-order valence-electron chi connectivity index (χ1n) is 8.88. The number of halogens is 3. The number of nitrogens with one attached hydrogen (secondary N) is 1. The predicted molar refractivity (Wildman–Crippen MR) is 117 cm³/mol. The normalized spacial score (nSPS) is 20.4. The molecule has 1 atom stereocenters. The van der Waals surface area contributed by atoms with E-state index < -0.39 is 0 Å². The van der Waals surface area contributed by atoms with Crippen molar-refractivity contribution in [2.24, 2.45) is 4.99 Å². The molecule has 0 saturated carbocycles. The number of rotatable bonds is 3. The lowest BCUT2D eigenvalue weighted by Crippen LogP contribution is -2.55. The molecule has 1 N–H and O–H groups in total. The van der Waals surface area contributed by atoms with Crippen LogP contribution in [0, 0.1) is 5.82 Å². The van der Waals surface area contributed by atoms with E-state index in [2.05, 4.69) is 31.1 Å². The molecule has 0 spiro atoms. The molecule has 1 aromatic rings. The molecule has 150 valence electrons. The van der Waals surface area contributed by atoms with Crippen molar-refractivity contribution in [2.75, 3.05) is 39.8 Å². The van der Waals surface area contributed by atoms with Gasteiger partial charge < -0.3 is 19.9 Å². The van der Waals surface area contributed by atoms with E-state index >= 15 is 0 Å². The molecule has 9 heteroatoms. The first-order chi connectivity index (χ1) is 12.6. The number of carbonyl (C=O) groups is 1. The van der Waals surface area contributed by atoms with Gasteiger partial charge in [-0.05, 0) is 46.5 Å². The molecule has 3 rings (SSSR count). The van der Waals surface area contributed by atoms with Crippen LogP contribution in [0.5, 0.6) is 0 Å². The molecule has 2 aliphatic heterocycles. The summed E-state index contributed by atoms with van der Waals surface area (Å²) in [7, 11) is 1.73. The maximum absolute atomic E-state index is 13.6. The van der Waals surface area contributed by atoms with E-state index in [-0.39, 0.29) is 41.8 Å². The molecule has 0 aromatic heterocycles. The number of hydrogen-bond acceptors (Lipinski definition) is 3. The number of nitrogens with zero attached hydrogens (tertiary/aromatic N) is 3. The molecule has 1 amide bonds. The van der Waals surface area contributed by atoms with Crippen molar-refractivity contribution < 1.29 is 13.9 Å². The largest absolute Gasteiger partial charge is 0.368 e. The number of aliphatic imine (C=N–C) groups is 1. The summed E-state index contributed by atoms with van der Waals surface area (Å²) < 4.78 is 19.6. The number of ether oxygens (including phenoxy) is 1. The molecule has 2 fully saturated rings. The summed E-state index contributed by atoms with van der Waals surface area (Å²) in [6.45, 7) is 3.92. The van der Waals surface area contributed by atoms with Crippen molar-refractivity contribution in [2.45, 2.75) is 25.5 Å². The summed E-state index contributed by atoms with van der Waals surface area (Å²) in [5.74, 6) is 0.591. The van der Waals surface area contributed by atoms with E-state index in [9.17, 15) is 9.18 Å². The molecule has 0 radical (unpaired) electrons. The average molecular weight is 555 g/mol. The van der Waals surface area contributed by atoms with Gasteiger partial charge in [0.15, 0.2) is 5.96 Å². The number of guanidine groups is 1. The van der Waals surface area contributed by atoms with E-state index in [1.54, 1.807) is 13.1 Å². The summed E-state index contributed by atoms with van der Waals surface area (Å²) >= 11 is 3.16. The summed E-state index contributed by atoms with van der Waals surface area (Å²) in [5.41, 5.74) is 0.846. The lowest BCUT2D eigenvalue weighted by atomic mass is 10.2. The average Bonchev–Trinajstić information content (AvgIpc) is 3.20. The minimum Gasteiger partial charge on any atom is -0.368 e. The van der Waals surface area contributed by atoms with Crippen molar-refractivity contribution in [3.05, 3.63) is 34.1 Å². The summed E-state index contributed by atoms with van der Waals surface area (Å²) in [5, 5.41) is 3.27. The molecule has 0 aliphatic carbocycles. The topological polar surface area (TPSA) is 57.2 Å². The molecule has 0 bridgehead atoms. The van der Waals surface area contributed by atoms with Crippen LogP contribution < -0.4 is 5.32 Å². The molecule has 1 aromatic carbocycles. The third-order valence-corrected chi connectivity index (χ3v) is 5.39. The molecule has 6 nitrogen and oxygen atoms in total. The van der Waals surface area contributed by atoms with Crippen LogP contribution in [0.15, 0.2) is 27.7 Å². The van der Waals surface area contributed by atoms with Crippen LogP contribution in [0.1, 0.15) is 18.4 Å². The van der Waals surface area contributed by atoms with Crippen molar-refractivity contribution in [1.29, 1.82) is 0 Å². The van der Waals surface area contributed by atoms with Gasteiger partial charge in [0.1, 0.15) is 11.9 Å². The van der Waals surface area contributed by atoms with E-state index in [0.29, 0.717) is 43.8 Å². The van der Waals surface area contributed by atoms with Gasteiger partial charge in [-0.3, -0.25) is 9.79 Å². The number of benzene rings is 1. The fraction of sp³-hybridized carbons (Fsp3) is 0.556. The monoisotopic (exact) mass is 554 g/mol. The zero-order valence-electron chi connectivity index (χ0n) is 15.3. The standard InChI is InChI=1S/C18H24BrFN4O2.HI/c1-21-18(22-12-13-4-5-14(19)15(20)11-13)24-8-6-23(7-9-24)17(25)16-3-2-10-26-16;/h4-5,11,16H,2-3,6-10,12H2,1H3,(H,21,22);1H. The highest BCUT2D eigenvalue weighted by Crippen LogP contribution is 2.17. The molecule has 2 saturated heterocycles. The minimum absolute atomic E-state index is 0. The number of piperazine rings is 1. The molecular weight excluding hydrogens is 530 g/mol. The van der Waals surface area contributed by atoms with Crippen molar-refractivity contribution in [3.63, 3.8) is 0 Å². The molecule has 2 heterocycles. The number of carbonyl (C=O) groups excluding carboxylic acids is 1. The molecule has 27 heavy (non-hydrogen) atoms. The Hall–Kier alpha value is -0.940. The quantitative estimate of drug-likeness (QED) is 0.354. The smallest absolute Gasteiger partial charge is 0.251 e. The van der Waals surface area contributed by atoms with Gasteiger partial charge in [0.05, 0.1) is 4.47 Å². The lowest BCUT2D eigenvalue weighted by Gasteiger charge is -2.37. The first kappa shape index (κ1) is 22.4. The summed E-state index contributed by atoms with van der Waals surface area (Å²) in [4.78, 5) is 20.7.